The fourth-order valence-corrected chi connectivity index (χ4v) is 3.70. The summed E-state index contributed by atoms with van der Waals surface area (Å²) in [4.78, 5) is 24.0. The lowest BCUT2D eigenvalue weighted by Crippen LogP contribution is -2.29. The van der Waals surface area contributed by atoms with Crippen LogP contribution in [0.4, 0.5) is 0 Å². The number of nitrogens with one attached hydrogen (secondary N) is 1. The van der Waals surface area contributed by atoms with E-state index in [9.17, 15) is 14.9 Å². The van der Waals surface area contributed by atoms with Gasteiger partial charge in [0.25, 0.3) is 0 Å². The molecule has 1 N–H and O–H groups in total. The highest BCUT2D eigenvalue weighted by molar-refractivity contribution is 8.03. The van der Waals surface area contributed by atoms with E-state index in [1.54, 1.807) is 33.1 Å². The molecule has 1 atom stereocenters. The molecule has 0 fully saturated rings. The third-order valence-corrected chi connectivity index (χ3v) is 5.17. The van der Waals surface area contributed by atoms with Crippen LogP contribution in [-0.2, 0) is 14.3 Å². The Morgan fingerprint density at radius 2 is 1.96 bits per heavy atom. The molecule has 1 aliphatic heterocycles. The number of nitriles is 1. The topological polar surface area (TPSA) is 88.4 Å². The van der Waals surface area contributed by atoms with Crippen molar-refractivity contribution in [2.45, 2.75) is 26.7 Å². The average molecular weight is 386 g/mol. The molecule has 7 heteroatoms. The van der Waals surface area contributed by atoms with Gasteiger partial charge in [-0.05, 0) is 38.5 Å². The molecule has 1 heterocycles. The van der Waals surface area contributed by atoms with Gasteiger partial charge in [0, 0.05) is 5.70 Å². The van der Waals surface area contributed by atoms with E-state index in [1.165, 1.54) is 18.7 Å². The van der Waals surface area contributed by atoms with Crippen molar-refractivity contribution in [3.63, 3.8) is 0 Å². The fraction of sp³-hybridized carbons (Fsp3) is 0.350. The van der Waals surface area contributed by atoms with Crippen LogP contribution in [0.5, 0.6) is 5.75 Å². The first kappa shape index (κ1) is 20.6. The minimum Gasteiger partial charge on any atom is -0.497 e. The first-order valence-corrected chi connectivity index (χ1v) is 9.46. The highest BCUT2D eigenvalue weighted by Gasteiger charge is 2.35. The number of ether oxygens (including phenoxy) is 2. The van der Waals surface area contributed by atoms with Crippen molar-refractivity contribution in [3.05, 3.63) is 51.7 Å². The van der Waals surface area contributed by atoms with Crippen LogP contribution in [0.3, 0.4) is 0 Å². The molecule has 0 amide bonds. The molecule has 1 aromatic rings. The Hall–Kier alpha value is -2.72. The van der Waals surface area contributed by atoms with Gasteiger partial charge in [-0.15, -0.1) is 0 Å². The van der Waals surface area contributed by atoms with E-state index in [0.29, 0.717) is 27.6 Å². The average Bonchev–Trinajstić information content (AvgIpc) is 2.65. The zero-order valence-electron chi connectivity index (χ0n) is 15.8. The van der Waals surface area contributed by atoms with Crippen LogP contribution in [0, 0.1) is 11.3 Å². The normalized spacial score (nSPS) is 16.5. The maximum atomic E-state index is 12.6. The van der Waals surface area contributed by atoms with Crippen LogP contribution in [0.25, 0.3) is 0 Å². The van der Waals surface area contributed by atoms with E-state index in [-0.39, 0.29) is 18.1 Å². The molecule has 6 nitrogen and oxygen atoms in total. The van der Waals surface area contributed by atoms with Crippen molar-refractivity contribution in [1.82, 2.24) is 5.32 Å². The molecule has 0 saturated carbocycles. The number of carbonyl (C=O) groups is 2. The molecule has 2 rings (SSSR count). The zero-order valence-corrected chi connectivity index (χ0v) is 16.6. The predicted molar refractivity (Wildman–Crippen MR) is 104 cm³/mol. The molecule has 0 spiro atoms. The lowest BCUT2D eigenvalue weighted by Gasteiger charge is -2.29. The Kier molecular flexibility index (Phi) is 7.08. The molecule has 0 radical (unpaired) electrons. The number of esters is 1. The largest absolute Gasteiger partial charge is 0.497 e. The number of allylic oxidation sites excluding steroid dienone is 2. The lowest BCUT2D eigenvalue weighted by molar-refractivity contribution is -0.138. The van der Waals surface area contributed by atoms with Crippen molar-refractivity contribution in [1.29, 1.82) is 5.26 Å². The van der Waals surface area contributed by atoms with Crippen LogP contribution in [-0.4, -0.2) is 31.2 Å². The highest BCUT2D eigenvalue weighted by atomic mass is 32.2. The van der Waals surface area contributed by atoms with Crippen molar-refractivity contribution in [3.8, 4) is 11.8 Å². The van der Waals surface area contributed by atoms with Gasteiger partial charge < -0.3 is 14.8 Å². The number of hydrogen-bond donors (Lipinski definition) is 1. The van der Waals surface area contributed by atoms with Crippen LogP contribution in [0.2, 0.25) is 0 Å². The number of hydrogen-bond acceptors (Lipinski definition) is 7. The van der Waals surface area contributed by atoms with Gasteiger partial charge in [0.1, 0.15) is 11.5 Å². The SMILES string of the molecule is CCOC(=O)C1=C(C)NC(SCC(C)=O)=C(C#N)C1c1ccc(OC)cc1. The van der Waals surface area contributed by atoms with E-state index in [4.69, 9.17) is 9.47 Å². The molecular weight excluding hydrogens is 364 g/mol. The van der Waals surface area contributed by atoms with Gasteiger partial charge in [0.05, 0.1) is 47.6 Å². The van der Waals surface area contributed by atoms with Crippen molar-refractivity contribution >= 4 is 23.5 Å². The third-order valence-electron chi connectivity index (χ3n) is 4.01. The second-order valence-corrected chi connectivity index (χ2v) is 6.92. The summed E-state index contributed by atoms with van der Waals surface area (Å²) in [6, 6.07) is 9.43. The van der Waals surface area contributed by atoms with Gasteiger partial charge in [0.2, 0.25) is 0 Å². The Morgan fingerprint density at radius 1 is 1.30 bits per heavy atom. The van der Waals surface area contributed by atoms with Gasteiger partial charge in [-0.25, -0.2) is 4.79 Å². The molecule has 1 unspecified atom stereocenters. The van der Waals surface area contributed by atoms with E-state index >= 15 is 0 Å². The Morgan fingerprint density at radius 3 is 2.48 bits per heavy atom. The number of rotatable bonds is 7. The summed E-state index contributed by atoms with van der Waals surface area (Å²) in [6.45, 7) is 5.24. The molecule has 0 bridgehead atoms. The number of methoxy groups -OCH3 is 1. The predicted octanol–water partition coefficient (Wildman–Crippen LogP) is 3.28. The minimum absolute atomic E-state index is 0.00501. The number of ketones is 1. The molecular formula is C20H22N2O4S. The molecule has 142 valence electrons. The second-order valence-electron chi connectivity index (χ2n) is 5.94. The quantitative estimate of drug-likeness (QED) is 0.719. The molecule has 0 aromatic heterocycles. The van der Waals surface area contributed by atoms with Crippen molar-refractivity contribution in [2.24, 2.45) is 0 Å². The summed E-state index contributed by atoms with van der Waals surface area (Å²) >= 11 is 1.26. The molecule has 1 aromatic carbocycles. The summed E-state index contributed by atoms with van der Waals surface area (Å²) < 4.78 is 10.4. The Bertz CT molecular complexity index is 835. The zero-order chi connectivity index (χ0) is 20.0. The number of Topliss-reactive ketones (excluding diaryl/α,β-unsaturated/α-hetero) is 1. The first-order valence-electron chi connectivity index (χ1n) is 8.48. The molecule has 27 heavy (non-hydrogen) atoms. The van der Waals surface area contributed by atoms with Crippen LogP contribution >= 0.6 is 11.8 Å². The number of nitrogens with zero attached hydrogens (tertiary/aromatic N) is 1. The van der Waals surface area contributed by atoms with Gasteiger partial charge in [0.15, 0.2) is 0 Å². The van der Waals surface area contributed by atoms with Crippen LogP contribution in [0.15, 0.2) is 46.1 Å². The van der Waals surface area contributed by atoms with E-state index in [1.807, 2.05) is 12.1 Å². The first-order chi connectivity index (χ1) is 12.9. The summed E-state index contributed by atoms with van der Waals surface area (Å²) in [6.07, 6.45) is 0. The molecule has 0 saturated heterocycles. The lowest BCUT2D eigenvalue weighted by atomic mass is 9.82. The van der Waals surface area contributed by atoms with Gasteiger partial charge in [-0.2, -0.15) is 5.26 Å². The second kappa shape index (κ2) is 9.28. The van der Waals surface area contributed by atoms with Crippen molar-refractivity contribution < 1.29 is 19.1 Å². The highest BCUT2D eigenvalue weighted by Crippen LogP contribution is 2.41. The van der Waals surface area contributed by atoms with E-state index in [0.717, 1.165) is 5.56 Å². The van der Waals surface area contributed by atoms with Gasteiger partial charge in [-0.3, -0.25) is 4.79 Å². The molecule has 0 aliphatic carbocycles. The fourth-order valence-electron chi connectivity index (χ4n) is 2.81. The van der Waals surface area contributed by atoms with Crippen molar-refractivity contribution in [2.75, 3.05) is 19.5 Å². The number of carbonyl (C=O) groups excluding carboxylic acids is 2. The standard InChI is InChI=1S/C20H22N2O4S/c1-5-26-20(24)17-13(3)22-19(27-11-12(2)23)16(10-21)18(17)14-6-8-15(25-4)9-7-14/h6-9,18,22H,5,11H2,1-4H3. The number of dihydropyridines is 1. The summed E-state index contributed by atoms with van der Waals surface area (Å²) in [5, 5.41) is 13.5. The third kappa shape index (κ3) is 4.72. The van der Waals surface area contributed by atoms with E-state index in [2.05, 4.69) is 11.4 Å². The maximum absolute atomic E-state index is 12.6. The van der Waals surface area contributed by atoms with E-state index < -0.39 is 11.9 Å². The molecule has 1 aliphatic rings. The summed E-state index contributed by atoms with van der Waals surface area (Å²) in [5.74, 6) is -0.113. The Balaban J connectivity index is 2.57. The van der Waals surface area contributed by atoms with Crippen LogP contribution < -0.4 is 10.1 Å². The van der Waals surface area contributed by atoms with Gasteiger partial charge in [-0.1, -0.05) is 23.9 Å². The number of benzene rings is 1. The van der Waals surface area contributed by atoms with Crippen LogP contribution in [0.1, 0.15) is 32.3 Å². The van der Waals surface area contributed by atoms with Gasteiger partial charge >= 0.3 is 5.97 Å². The maximum Gasteiger partial charge on any atom is 0.336 e. The number of thioether (sulfide) groups is 1. The summed E-state index contributed by atoms with van der Waals surface area (Å²) in [7, 11) is 1.57. The monoisotopic (exact) mass is 386 g/mol. The minimum atomic E-state index is -0.573. The Labute approximate surface area is 163 Å². The summed E-state index contributed by atoms with van der Waals surface area (Å²) in [5.41, 5.74) is 2.17. The smallest absolute Gasteiger partial charge is 0.336 e.